The van der Waals surface area contributed by atoms with Crippen LogP contribution in [0.3, 0.4) is 0 Å². The topological polar surface area (TPSA) is 27.7 Å². The summed E-state index contributed by atoms with van der Waals surface area (Å²) in [6, 6.07) is 9.81. The number of benzene rings is 1. The first-order valence-electron chi connectivity index (χ1n) is 5.61. The van der Waals surface area contributed by atoms with E-state index in [1.807, 2.05) is 44.2 Å². The molecule has 1 aliphatic rings. The molecule has 0 aromatic heterocycles. The third kappa shape index (κ3) is 3.22. The third-order valence-corrected chi connectivity index (χ3v) is 2.56. The van der Waals surface area contributed by atoms with Crippen molar-refractivity contribution < 1.29 is 14.2 Å². The molecule has 88 valence electrons. The van der Waals surface area contributed by atoms with Gasteiger partial charge in [-0.2, -0.15) is 0 Å². The molecule has 0 radical (unpaired) electrons. The first-order chi connectivity index (χ1) is 7.66. The molecular formula is C13H18O3. The van der Waals surface area contributed by atoms with Crippen LogP contribution in [-0.4, -0.2) is 25.6 Å². The highest BCUT2D eigenvalue weighted by Crippen LogP contribution is 2.21. The van der Waals surface area contributed by atoms with Crippen molar-refractivity contribution in [2.75, 3.05) is 19.8 Å². The fraction of sp³-hybridized carbons (Fsp3) is 0.538. The molecule has 3 nitrogen and oxygen atoms in total. The largest absolute Gasteiger partial charge is 0.493 e. The predicted octanol–water partition coefficient (Wildman–Crippen LogP) is 2.46. The van der Waals surface area contributed by atoms with Crippen molar-refractivity contribution >= 4 is 0 Å². The van der Waals surface area contributed by atoms with E-state index in [0.717, 1.165) is 5.75 Å². The van der Waals surface area contributed by atoms with Gasteiger partial charge in [-0.1, -0.05) is 18.2 Å². The zero-order valence-electron chi connectivity index (χ0n) is 9.81. The Kier molecular flexibility index (Phi) is 3.46. The van der Waals surface area contributed by atoms with Gasteiger partial charge in [0.15, 0.2) is 5.79 Å². The normalized spacial score (nSPS) is 20.6. The molecule has 3 heteroatoms. The van der Waals surface area contributed by atoms with Crippen LogP contribution < -0.4 is 4.74 Å². The van der Waals surface area contributed by atoms with Crippen LogP contribution in [0.4, 0.5) is 0 Å². The van der Waals surface area contributed by atoms with Gasteiger partial charge in [-0.3, -0.25) is 0 Å². The summed E-state index contributed by atoms with van der Waals surface area (Å²) in [5.41, 5.74) is 0. The van der Waals surface area contributed by atoms with Crippen molar-refractivity contribution in [3.05, 3.63) is 30.3 Å². The number of ether oxygens (including phenoxy) is 3. The van der Waals surface area contributed by atoms with E-state index in [4.69, 9.17) is 14.2 Å². The lowest BCUT2D eigenvalue weighted by Gasteiger charge is -2.34. The predicted molar refractivity (Wildman–Crippen MR) is 61.4 cm³/mol. The number of hydrogen-bond acceptors (Lipinski definition) is 3. The second-order valence-electron chi connectivity index (χ2n) is 4.51. The lowest BCUT2D eigenvalue weighted by Crippen LogP contribution is -2.41. The Morgan fingerprint density at radius 2 is 1.81 bits per heavy atom. The lowest BCUT2D eigenvalue weighted by atomic mass is 10.1. The monoisotopic (exact) mass is 222 g/mol. The summed E-state index contributed by atoms with van der Waals surface area (Å²) in [5, 5.41) is 0. The first kappa shape index (κ1) is 11.4. The van der Waals surface area contributed by atoms with Crippen LogP contribution in [0.2, 0.25) is 0 Å². The van der Waals surface area contributed by atoms with Crippen LogP contribution in [0.15, 0.2) is 30.3 Å². The van der Waals surface area contributed by atoms with Gasteiger partial charge in [0.05, 0.1) is 19.8 Å². The van der Waals surface area contributed by atoms with Crippen LogP contribution in [0.1, 0.15) is 13.8 Å². The molecular weight excluding hydrogens is 204 g/mol. The van der Waals surface area contributed by atoms with Crippen LogP contribution in [-0.2, 0) is 9.47 Å². The highest BCUT2D eigenvalue weighted by atomic mass is 16.7. The summed E-state index contributed by atoms with van der Waals surface area (Å²) in [6.45, 7) is 5.89. The van der Waals surface area contributed by atoms with Crippen LogP contribution in [0.25, 0.3) is 0 Å². The van der Waals surface area contributed by atoms with Gasteiger partial charge in [0.1, 0.15) is 5.75 Å². The van der Waals surface area contributed by atoms with E-state index in [-0.39, 0.29) is 0 Å². The van der Waals surface area contributed by atoms with Gasteiger partial charge in [-0.25, -0.2) is 0 Å². The van der Waals surface area contributed by atoms with Crippen molar-refractivity contribution in [3.63, 3.8) is 0 Å². The highest BCUT2D eigenvalue weighted by Gasteiger charge is 2.28. The second-order valence-corrected chi connectivity index (χ2v) is 4.51. The van der Waals surface area contributed by atoms with E-state index >= 15 is 0 Å². The van der Waals surface area contributed by atoms with E-state index in [0.29, 0.717) is 25.7 Å². The zero-order chi connectivity index (χ0) is 11.4. The van der Waals surface area contributed by atoms with Crippen LogP contribution in [0.5, 0.6) is 5.75 Å². The number of hydrogen-bond donors (Lipinski definition) is 0. The molecule has 0 spiro atoms. The smallest absolute Gasteiger partial charge is 0.162 e. The van der Waals surface area contributed by atoms with Gasteiger partial charge in [-0.05, 0) is 26.0 Å². The minimum absolute atomic E-state index is 0.313. The maximum Gasteiger partial charge on any atom is 0.162 e. The van der Waals surface area contributed by atoms with Crippen LogP contribution in [0, 0.1) is 5.92 Å². The standard InChI is InChI=1S/C13H18O3/c1-13(2)15-9-11(10-16-13)8-14-12-6-4-3-5-7-12/h3-7,11H,8-10H2,1-2H3. The molecule has 16 heavy (non-hydrogen) atoms. The summed E-state index contributed by atoms with van der Waals surface area (Å²) in [4.78, 5) is 0. The summed E-state index contributed by atoms with van der Waals surface area (Å²) in [7, 11) is 0. The van der Waals surface area contributed by atoms with Gasteiger partial charge < -0.3 is 14.2 Å². The van der Waals surface area contributed by atoms with Crippen molar-refractivity contribution in [3.8, 4) is 5.75 Å². The van der Waals surface area contributed by atoms with Gasteiger partial charge >= 0.3 is 0 Å². The van der Waals surface area contributed by atoms with Crippen LogP contribution >= 0.6 is 0 Å². The molecule has 0 saturated carbocycles. The molecule has 2 rings (SSSR count). The number of rotatable bonds is 3. The molecule has 1 fully saturated rings. The van der Waals surface area contributed by atoms with E-state index < -0.39 is 5.79 Å². The maximum absolute atomic E-state index is 5.65. The van der Waals surface area contributed by atoms with E-state index in [1.54, 1.807) is 0 Å². The highest BCUT2D eigenvalue weighted by molar-refractivity contribution is 5.20. The minimum Gasteiger partial charge on any atom is -0.493 e. The lowest BCUT2D eigenvalue weighted by molar-refractivity contribution is -0.264. The fourth-order valence-corrected chi connectivity index (χ4v) is 1.55. The van der Waals surface area contributed by atoms with E-state index in [1.165, 1.54) is 0 Å². The summed E-state index contributed by atoms with van der Waals surface area (Å²) >= 11 is 0. The molecule has 0 atom stereocenters. The number of para-hydroxylation sites is 1. The average Bonchev–Trinajstić information content (AvgIpc) is 2.29. The Balaban J connectivity index is 1.76. The van der Waals surface area contributed by atoms with Crippen molar-refractivity contribution in [2.24, 2.45) is 5.92 Å². The van der Waals surface area contributed by atoms with Crippen molar-refractivity contribution in [2.45, 2.75) is 19.6 Å². The van der Waals surface area contributed by atoms with Gasteiger partial charge in [-0.15, -0.1) is 0 Å². The Bertz CT molecular complexity index is 311. The van der Waals surface area contributed by atoms with E-state index in [2.05, 4.69) is 0 Å². The molecule has 0 bridgehead atoms. The molecule has 0 N–H and O–H groups in total. The zero-order valence-corrected chi connectivity index (χ0v) is 9.81. The second kappa shape index (κ2) is 4.85. The molecule has 1 heterocycles. The summed E-state index contributed by atoms with van der Waals surface area (Å²) in [6.07, 6.45) is 0. The first-order valence-corrected chi connectivity index (χ1v) is 5.61. The molecule has 1 saturated heterocycles. The summed E-state index contributed by atoms with van der Waals surface area (Å²) in [5.74, 6) is 0.768. The SMILES string of the molecule is CC1(C)OCC(COc2ccccc2)CO1. The third-order valence-electron chi connectivity index (χ3n) is 2.56. The van der Waals surface area contributed by atoms with Gasteiger partial charge in [0, 0.05) is 5.92 Å². The minimum atomic E-state index is -0.441. The molecule has 1 aliphatic heterocycles. The summed E-state index contributed by atoms with van der Waals surface area (Å²) < 4.78 is 16.8. The van der Waals surface area contributed by atoms with Gasteiger partial charge in [0.2, 0.25) is 0 Å². The Labute approximate surface area is 96.3 Å². The molecule has 0 unspecified atom stereocenters. The Hall–Kier alpha value is -1.06. The molecule has 1 aromatic carbocycles. The van der Waals surface area contributed by atoms with E-state index in [9.17, 15) is 0 Å². The van der Waals surface area contributed by atoms with Crippen molar-refractivity contribution in [1.82, 2.24) is 0 Å². The Morgan fingerprint density at radius 1 is 1.19 bits per heavy atom. The molecule has 0 amide bonds. The fourth-order valence-electron chi connectivity index (χ4n) is 1.55. The maximum atomic E-state index is 5.65. The quantitative estimate of drug-likeness (QED) is 0.786. The Morgan fingerprint density at radius 3 is 2.44 bits per heavy atom. The van der Waals surface area contributed by atoms with Gasteiger partial charge in [0.25, 0.3) is 0 Å². The molecule has 0 aliphatic carbocycles. The molecule has 1 aromatic rings. The average molecular weight is 222 g/mol. The van der Waals surface area contributed by atoms with Crippen molar-refractivity contribution in [1.29, 1.82) is 0 Å².